The first-order chi connectivity index (χ1) is 29.2. The van der Waals surface area contributed by atoms with Crippen LogP contribution in [0.5, 0.6) is 0 Å². The molecule has 2 spiro atoms. The smallest absolute Gasteiger partial charge is 0.0720 e. The molecule has 0 amide bonds. The van der Waals surface area contributed by atoms with Gasteiger partial charge < -0.3 is 4.90 Å². The first-order valence-electron chi connectivity index (χ1n) is 21.0. The van der Waals surface area contributed by atoms with Gasteiger partial charge >= 0.3 is 0 Å². The van der Waals surface area contributed by atoms with Gasteiger partial charge in [-0.1, -0.05) is 176 Å². The standard InChI is InChI=1S/C58H45N/c1-3-4-18-40(2)59(43-19-6-5-7-20-43)44-36-33-41(34-37-44)31-32-42-35-38-55-56(39-42)58(51-27-14-10-23-47(51)48-24-11-15-28-52(48)58)54-30-17-16-29-53(54)57(55)49-25-12-8-21-45(49)46-22-9-13-26-50(46)57/h3-12,14-25,27-39H,13,26H2,1-2H3/b4-3-,32-31+,40-18+. The lowest BCUT2D eigenvalue weighted by molar-refractivity contribution is 0.605. The lowest BCUT2D eigenvalue weighted by Crippen LogP contribution is -2.44. The molecule has 1 unspecified atom stereocenters. The van der Waals surface area contributed by atoms with E-state index in [2.05, 4.69) is 231 Å². The summed E-state index contributed by atoms with van der Waals surface area (Å²) in [6.45, 7) is 4.22. The zero-order chi connectivity index (χ0) is 39.6. The molecule has 282 valence electrons. The Balaban J connectivity index is 1.11. The van der Waals surface area contributed by atoms with Crippen LogP contribution < -0.4 is 4.90 Å². The molecule has 1 heteroatoms. The average Bonchev–Trinajstić information content (AvgIpc) is 3.76. The number of hydrogen-bond donors (Lipinski definition) is 0. The Bertz CT molecular complexity index is 2910. The molecule has 4 aliphatic carbocycles. The molecule has 0 radical (unpaired) electrons. The van der Waals surface area contributed by atoms with Crippen LogP contribution in [0.1, 0.15) is 82.3 Å². The Morgan fingerprint density at radius 3 is 1.71 bits per heavy atom. The molecule has 0 aliphatic heterocycles. The van der Waals surface area contributed by atoms with Crippen LogP contribution in [-0.4, -0.2) is 0 Å². The van der Waals surface area contributed by atoms with Crippen LogP contribution in [0.2, 0.25) is 0 Å². The van der Waals surface area contributed by atoms with Crippen molar-refractivity contribution < 1.29 is 0 Å². The van der Waals surface area contributed by atoms with Gasteiger partial charge in [0.1, 0.15) is 0 Å². The van der Waals surface area contributed by atoms with E-state index >= 15 is 0 Å². The topological polar surface area (TPSA) is 3.24 Å². The second-order valence-electron chi connectivity index (χ2n) is 16.3. The monoisotopic (exact) mass is 755 g/mol. The highest BCUT2D eigenvalue weighted by atomic mass is 15.1. The second kappa shape index (κ2) is 13.9. The number of allylic oxidation sites excluding steroid dienone is 8. The summed E-state index contributed by atoms with van der Waals surface area (Å²) in [4.78, 5) is 2.31. The van der Waals surface area contributed by atoms with Gasteiger partial charge in [0.2, 0.25) is 0 Å². The molecular formula is C58H45N. The lowest BCUT2D eigenvalue weighted by atomic mass is 9.51. The summed E-state index contributed by atoms with van der Waals surface area (Å²) < 4.78 is 0. The summed E-state index contributed by atoms with van der Waals surface area (Å²) in [6.07, 6.45) is 17.8. The van der Waals surface area contributed by atoms with Crippen molar-refractivity contribution in [2.75, 3.05) is 4.90 Å². The molecule has 0 saturated carbocycles. The number of nitrogens with zero attached hydrogens (tertiary/aromatic N) is 1. The van der Waals surface area contributed by atoms with Crippen molar-refractivity contribution in [3.8, 4) is 11.1 Å². The van der Waals surface area contributed by atoms with Crippen molar-refractivity contribution in [3.63, 3.8) is 0 Å². The fraction of sp³-hybridized carbons (Fsp3) is 0.103. The molecule has 0 aromatic heterocycles. The van der Waals surface area contributed by atoms with Crippen molar-refractivity contribution in [1.29, 1.82) is 0 Å². The summed E-state index contributed by atoms with van der Waals surface area (Å²) in [7, 11) is 0. The van der Waals surface area contributed by atoms with E-state index in [9.17, 15) is 0 Å². The van der Waals surface area contributed by atoms with Crippen molar-refractivity contribution in [2.45, 2.75) is 37.5 Å². The van der Waals surface area contributed by atoms with Gasteiger partial charge in [0.25, 0.3) is 0 Å². The molecule has 11 rings (SSSR count). The predicted molar refractivity (Wildman–Crippen MR) is 248 cm³/mol. The van der Waals surface area contributed by atoms with Crippen LogP contribution in [0.25, 0.3) is 28.9 Å². The normalized spacial score (nSPS) is 17.9. The summed E-state index contributed by atoms with van der Waals surface area (Å²) in [5.74, 6) is 0. The van der Waals surface area contributed by atoms with E-state index in [1.807, 2.05) is 0 Å². The maximum atomic E-state index is 2.53. The summed E-state index contributed by atoms with van der Waals surface area (Å²) >= 11 is 0. The molecule has 0 saturated heterocycles. The Labute approximate surface area is 348 Å². The number of fused-ring (bicyclic) bond motifs is 15. The second-order valence-corrected chi connectivity index (χ2v) is 16.3. The SMILES string of the molecule is C/C=C\C=C(/C)N(c1ccccc1)c1ccc(/C=C/c2ccc3c(c2)C2(c4ccccc4-c4ccccc42)c2ccccc2C32C3=C(C=CCC3)c3ccccc32)cc1. The molecule has 0 N–H and O–H groups in total. The zero-order valence-electron chi connectivity index (χ0n) is 33.6. The molecule has 1 atom stereocenters. The third kappa shape index (κ3) is 5.04. The molecule has 0 bridgehead atoms. The number of para-hydroxylation sites is 1. The lowest BCUT2D eigenvalue weighted by Gasteiger charge is -2.50. The number of anilines is 2. The Morgan fingerprint density at radius 1 is 0.508 bits per heavy atom. The molecule has 4 aliphatic rings. The molecule has 0 heterocycles. The molecule has 7 aromatic carbocycles. The fourth-order valence-electron chi connectivity index (χ4n) is 11.0. The van der Waals surface area contributed by atoms with Crippen molar-refractivity contribution in [2.24, 2.45) is 0 Å². The van der Waals surface area contributed by atoms with E-state index in [-0.39, 0.29) is 5.41 Å². The number of hydrogen-bond acceptors (Lipinski definition) is 1. The van der Waals surface area contributed by atoms with E-state index < -0.39 is 5.41 Å². The van der Waals surface area contributed by atoms with E-state index in [4.69, 9.17) is 0 Å². The predicted octanol–water partition coefficient (Wildman–Crippen LogP) is 14.6. The first-order valence-corrected chi connectivity index (χ1v) is 21.0. The van der Waals surface area contributed by atoms with E-state index in [1.165, 1.54) is 72.3 Å². The Morgan fingerprint density at radius 2 is 1.03 bits per heavy atom. The summed E-state index contributed by atoms with van der Waals surface area (Å²) in [6, 6.07) is 63.9. The van der Waals surface area contributed by atoms with Crippen molar-refractivity contribution >= 4 is 29.1 Å². The van der Waals surface area contributed by atoms with Gasteiger partial charge in [-0.05, 0) is 141 Å². The third-order valence-corrected chi connectivity index (χ3v) is 13.3. The zero-order valence-corrected chi connectivity index (χ0v) is 33.6. The Kier molecular flexibility index (Phi) is 8.27. The van der Waals surface area contributed by atoms with Crippen LogP contribution in [-0.2, 0) is 10.8 Å². The molecule has 0 fully saturated rings. The summed E-state index contributed by atoms with van der Waals surface area (Å²) in [5, 5.41) is 0. The highest BCUT2D eigenvalue weighted by Crippen LogP contribution is 2.67. The quantitative estimate of drug-likeness (QED) is 0.121. The largest absolute Gasteiger partial charge is 0.315 e. The molecule has 1 nitrogen and oxygen atoms in total. The minimum absolute atomic E-state index is 0.386. The van der Waals surface area contributed by atoms with Gasteiger partial charge in [-0.3, -0.25) is 0 Å². The van der Waals surface area contributed by atoms with Gasteiger partial charge in [0.15, 0.2) is 0 Å². The average molecular weight is 756 g/mol. The first kappa shape index (κ1) is 35.2. The van der Waals surface area contributed by atoms with Crippen molar-refractivity contribution in [1.82, 2.24) is 0 Å². The van der Waals surface area contributed by atoms with Gasteiger partial charge in [0, 0.05) is 17.1 Å². The maximum Gasteiger partial charge on any atom is 0.0720 e. The third-order valence-electron chi connectivity index (χ3n) is 13.3. The Hall–Kier alpha value is -6.96. The van der Waals surface area contributed by atoms with Gasteiger partial charge in [-0.15, -0.1) is 0 Å². The highest BCUT2D eigenvalue weighted by Gasteiger charge is 2.59. The van der Waals surface area contributed by atoms with Crippen molar-refractivity contribution in [3.05, 3.63) is 267 Å². The minimum atomic E-state index is -0.474. The van der Waals surface area contributed by atoms with Crippen LogP contribution in [0, 0.1) is 0 Å². The summed E-state index contributed by atoms with van der Waals surface area (Å²) in [5.41, 5.74) is 21.6. The van der Waals surface area contributed by atoms with E-state index in [0.717, 1.165) is 35.5 Å². The van der Waals surface area contributed by atoms with E-state index in [1.54, 1.807) is 0 Å². The molecular weight excluding hydrogens is 711 g/mol. The number of benzene rings is 7. The maximum absolute atomic E-state index is 2.53. The van der Waals surface area contributed by atoms with Gasteiger partial charge in [-0.25, -0.2) is 0 Å². The minimum Gasteiger partial charge on any atom is -0.315 e. The van der Waals surface area contributed by atoms with Crippen LogP contribution in [0.3, 0.4) is 0 Å². The molecule has 7 aromatic rings. The van der Waals surface area contributed by atoms with E-state index in [0.29, 0.717) is 0 Å². The van der Waals surface area contributed by atoms with Crippen LogP contribution >= 0.6 is 0 Å². The highest BCUT2D eigenvalue weighted by molar-refractivity contribution is 5.95. The van der Waals surface area contributed by atoms with Crippen LogP contribution in [0.4, 0.5) is 11.4 Å². The molecule has 59 heavy (non-hydrogen) atoms. The number of rotatable bonds is 6. The van der Waals surface area contributed by atoms with Crippen LogP contribution in [0.15, 0.2) is 212 Å². The van der Waals surface area contributed by atoms with Gasteiger partial charge in [0.05, 0.1) is 10.8 Å². The fourth-order valence-corrected chi connectivity index (χ4v) is 11.0. The van der Waals surface area contributed by atoms with Gasteiger partial charge in [-0.2, -0.15) is 0 Å².